The van der Waals surface area contributed by atoms with E-state index in [1.54, 1.807) is 11.3 Å². The minimum atomic E-state index is -0.683. The lowest BCUT2D eigenvalue weighted by Gasteiger charge is -2.30. The molecule has 1 heterocycles. The van der Waals surface area contributed by atoms with Crippen molar-refractivity contribution in [3.63, 3.8) is 0 Å². The minimum Gasteiger partial charge on any atom is -0.356 e. The molecule has 1 aliphatic rings. The van der Waals surface area contributed by atoms with E-state index in [0.717, 1.165) is 62.5 Å². The molecule has 1 aromatic rings. The van der Waals surface area contributed by atoms with E-state index in [2.05, 4.69) is 26.0 Å². The molecule has 0 bridgehead atoms. The van der Waals surface area contributed by atoms with Crippen LogP contribution in [0.25, 0.3) is 0 Å². The zero-order valence-corrected chi connectivity index (χ0v) is 16.6. The molecule has 2 N–H and O–H groups in total. The number of guanidine groups is 1. The SMILES string of the molecule is CCS(=O)C1CCCC(NC(=NC)NCCCc2nc(C)cs2)C1. The summed E-state index contributed by atoms with van der Waals surface area (Å²) in [6.45, 7) is 4.93. The van der Waals surface area contributed by atoms with Crippen LogP contribution in [0.4, 0.5) is 0 Å². The molecule has 0 saturated heterocycles. The monoisotopic (exact) mass is 370 g/mol. The molecule has 0 aliphatic heterocycles. The molecule has 0 spiro atoms. The summed E-state index contributed by atoms with van der Waals surface area (Å²) in [5.74, 6) is 1.62. The van der Waals surface area contributed by atoms with Crippen LogP contribution in [0.2, 0.25) is 0 Å². The van der Waals surface area contributed by atoms with Crippen LogP contribution in [0.3, 0.4) is 0 Å². The van der Waals surface area contributed by atoms with Crippen LogP contribution in [0, 0.1) is 6.92 Å². The van der Waals surface area contributed by atoms with Gasteiger partial charge < -0.3 is 10.6 Å². The van der Waals surface area contributed by atoms with Crippen LogP contribution in [0.5, 0.6) is 0 Å². The number of hydrogen-bond donors (Lipinski definition) is 2. The first-order valence-corrected chi connectivity index (χ1v) is 11.1. The van der Waals surface area contributed by atoms with Crippen LogP contribution in [0.1, 0.15) is 49.7 Å². The van der Waals surface area contributed by atoms with Gasteiger partial charge in [0.15, 0.2) is 5.96 Å². The van der Waals surface area contributed by atoms with E-state index in [-0.39, 0.29) is 0 Å². The van der Waals surface area contributed by atoms with Crippen molar-refractivity contribution in [2.24, 2.45) is 4.99 Å². The Morgan fingerprint density at radius 1 is 1.50 bits per heavy atom. The number of aromatic nitrogens is 1. The summed E-state index contributed by atoms with van der Waals surface area (Å²) < 4.78 is 12.0. The Bertz CT molecular complexity index is 559. The first-order valence-electron chi connectivity index (χ1n) is 8.87. The lowest BCUT2D eigenvalue weighted by molar-refractivity contribution is 0.413. The van der Waals surface area contributed by atoms with Crippen LogP contribution in [-0.4, -0.2) is 45.8 Å². The fourth-order valence-electron chi connectivity index (χ4n) is 3.10. The van der Waals surface area contributed by atoms with E-state index in [0.29, 0.717) is 11.3 Å². The molecule has 0 radical (unpaired) electrons. The Morgan fingerprint density at radius 2 is 2.33 bits per heavy atom. The molecule has 5 nitrogen and oxygen atoms in total. The number of nitrogens with one attached hydrogen (secondary N) is 2. The van der Waals surface area contributed by atoms with E-state index >= 15 is 0 Å². The molecule has 0 amide bonds. The van der Waals surface area contributed by atoms with Gasteiger partial charge in [0, 0.05) is 58.9 Å². The number of aryl methyl sites for hydroxylation is 2. The highest BCUT2D eigenvalue weighted by Gasteiger charge is 2.25. The Balaban J connectivity index is 1.70. The van der Waals surface area contributed by atoms with Gasteiger partial charge in [0.25, 0.3) is 0 Å². The zero-order chi connectivity index (χ0) is 17.4. The average molecular weight is 371 g/mol. The molecule has 24 heavy (non-hydrogen) atoms. The summed E-state index contributed by atoms with van der Waals surface area (Å²) in [7, 11) is 1.13. The van der Waals surface area contributed by atoms with Crippen molar-refractivity contribution in [1.82, 2.24) is 15.6 Å². The zero-order valence-electron chi connectivity index (χ0n) is 15.0. The molecule has 3 atom stereocenters. The lowest BCUT2D eigenvalue weighted by atomic mass is 9.95. The third kappa shape index (κ3) is 6.16. The Labute approximate surface area is 152 Å². The third-order valence-electron chi connectivity index (χ3n) is 4.37. The van der Waals surface area contributed by atoms with Crippen LogP contribution in [0.15, 0.2) is 10.4 Å². The summed E-state index contributed by atoms with van der Waals surface area (Å²) in [6, 6.07) is 0.382. The lowest BCUT2D eigenvalue weighted by Crippen LogP contribution is -2.46. The maximum atomic E-state index is 12.0. The summed E-state index contributed by atoms with van der Waals surface area (Å²) in [4.78, 5) is 8.82. The number of thiazole rings is 1. The molecule has 0 aromatic carbocycles. The molecule has 1 saturated carbocycles. The summed E-state index contributed by atoms with van der Waals surface area (Å²) in [5.41, 5.74) is 1.11. The van der Waals surface area contributed by atoms with Crippen molar-refractivity contribution < 1.29 is 4.21 Å². The number of hydrogen-bond acceptors (Lipinski definition) is 4. The summed E-state index contributed by atoms with van der Waals surface area (Å²) in [5, 5.41) is 10.5. The van der Waals surface area contributed by atoms with E-state index in [4.69, 9.17) is 0 Å². The molecular formula is C17H30N4OS2. The van der Waals surface area contributed by atoms with E-state index in [9.17, 15) is 4.21 Å². The number of rotatable bonds is 7. The first kappa shape index (κ1) is 19.4. The van der Waals surface area contributed by atoms with Crippen molar-refractivity contribution in [3.05, 3.63) is 16.1 Å². The van der Waals surface area contributed by atoms with Gasteiger partial charge in [0.1, 0.15) is 0 Å². The van der Waals surface area contributed by atoms with Gasteiger partial charge >= 0.3 is 0 Å². The topological polar surface area (TPSA) is 66.4 Å². The van der Waals surface area contributed by atoms with E-state index < -0.39 is 10.8 Å². The second-order valence-corrected chi connectivity index (χ2v) is 9.23. The predicted octanol–water partition coefficient (Wildman–Crippen LogP) is 2.63. The highest BCUT2D eigenvalue weighted by molar-refractivity contribution is 7.85. The molecule has 136 valence electrons. The molecule has 3 unspecified atom stereocenters. The minimum absolute atomic E-state index is 0.340. The van der Waals surface area contributed by atoms with Crippen molar-refractivity contribution in [2.75, 3.05) is 19.3 Å². The molecule has 1 fully saturated rings. The summed E-state index contributed by atoms with van der Waals surface area (Å²) >= 11 is 1.73. The quantitative estimate of drug-likeness (QED) is 0.440. The van der Waals surface area contributed by atoms with Gasteiger partial charge in [-0.1, -0.05) is 13.3 Å². The largest absolute Gasteiger partial charge is 0.356 e. The van der Waals surface area contributed by atoms with Crippen LogP contribution in [-0.2, 0) is 17.2 Å². The highest BCUT2D eigenvalue weighted by Crippen LogP contribution is 2.22. The van der Waals surface area contributed by atoms with Gasteiger partial charge in [-0.3, -0.25) is 9.20 Å². The predicted molar refractivity (Wildman–Crippen MR) is 104 cm³/mol. The van der Waals surface area contributed by atoms with Crippen molar-refractivity contribution in [2.45, 2.75) is 63.7 Å². The van der Waals surface area contributed by atoms with E-state index in [1.165, 1.54) is 5.01 Å². The van der Waals surface area contributed by atoms with Crippen LogP contribution >= 0.6 is 11.3 Å². The van der Waals surface area contributed by atoms with Gasteiger partial charge in [-0.25, -0.2) is 4.98 Å². The van der Waals surface area contributed by atoms with Crippen LogP contribution < -0.4 is 10.6 Å². The maximum absolute atomic E-state index is 12.0. The van der Waals surface area contributed by atoms with Gasteiger partial charge in [0.05, 0.1) is 5.01 Å². The second-order valence-electron chi connectivity index (χ2n) is 6.28. The van der Waals surface area contributed by atoms with Gasteiger partial charge in [0.2, 0.25) is 0 Å². The normalized spacial score (nSPS) is 23.0. The van der Waals surface area contributed by atoms with Crippen molar-refractivity contribution in [3.8, 4) is 0 Å². The Morgan fingerprint density at radius 3 is 3.00 bits per heavy atom. The summed E-state index contributed by atoms with van der Waals surface area (Å²) in [6.07, 6.45) is 6.41. The van der Waals surface area contributed by atoms with Gasteiger partial charge in [-0.2, -0.15) is 0 Å². The fourth-order valence-corrected chi connectivity index (χ4v) is 5.27. The highest BCUT2D eigenvalue weighted by atomic mass is 32.2. The fraction of sp³-hybridized carbons (Fsp3) is 0.765. The van der Waals surface area contributed by atoms with Gasteiger partial charge in [-0.15, -0.1) is 11.3 Å². The standard InChI is InChI=1S/C17H30N4OS2/c1-4-24(22)15-8-5-7-14(11-15)21-17(18-3)19-10-6-9-16-20-13(2)12-23-16/h12,14-15H,4-11H2,1-3H3,(H2,18,19,21). The Hall–Kier alpha value is -0.950. The molecule has 1 aliphatic carbocycles. The smallest absolute Gasteiger partial charge is 0.191 e. The average Bonchev–Trinajstić information content (AvgIpc) is 3.02. The third-order valence-corrected chi connectivity index (χ3v) is 7.14. The molecule has 7 heteroatoms. The Kier molecular flexibility index (Phi) is 8.18. The maximum Gasteiger partial charge on any atom is 0.191 e. The number of aliphatic imine (C=N–C) groups is 1. The molecule has 2 rings (SSSR count). The first-order chi connectivity index (χ1) is 11.6. The molecule has 1 aromatic heterocycles. The number of nitrogens with zero attached hydrogens (tertiary/aromatic N) is 2. The molecular weight excluding hydrogens is 340 g/mol. The van der Waals surface area contributed by atoms with Crippen molar-refractivity contribution >= 4 is 28.1 Å². The van der Waals surface area contributed by atoms with Gasteiger partial charge in [-0.05, 0) is 32.6 Å². The van der Waals surface area contributed by atoms with Crippen molar-refractivity contribution in [1.29, 1.82) is 0 Å². The second kappa shape index (κ2) is 10.1. The van der Waals surface area contributed by atoms with E-state index in [1.807, 2.05) is 20.9 Å².